The van der Waals surface area contributed by atoms with Crippen LogP contribution in [0.1, 0.15) is 18.9 Å². The van der Waals surface area contributed by atoms with Gasteiger partial charge in [0.1, 0.15) is 0 Å². The van der Waals surface area contributed by atoms with E-state index in [0.717, 1.165) is 43.5 Å². The lowest BCUT2D eigenvalue weighted by atomic mass is 10.1. The molecule has 0 saturated carbocycles. The first kappa shape index (κ1) is 16.5. The van der Waals surface area contributed by atoms with Crippen LogP contribution in [0.3, 0.4) is 0 Å². The molecule has 0 radical (unpaired) electrons. The molecular weight excluding hydrogens is 330 g/mol. The second-order valence-corrected chi connectivity index (χ2v) is 6.59. The van der Waals surface area contributed by atoms with Gasteiger partial charge in [0, 0.05) is 23.6 Å². The second kappa shape index (κ2) is 8.51. The topological polar surface area (TPSA) is 44.4 Å². The van der Waals surface area contributed by atoms with Crippen LogP contribution in [0.5, 0.6) is 0 Å². The predicted molar refractivity (Wildman–Crippen MR) is 89.4 cm³/mol. The normalized spacial score (nSPS) is 18.0. The summed E-state index contributed by atoms with van der Waals surface area (Å²) in [7, 11) is 0. The van der Waals surface area contributed by atoms with E-state index in [1.807, 2.05) is 12.1 Å². The average Bonchev–Trinajstić information content (AvgIpc) is 2.69. The van der Waals surface area contributed by atoms with Gasteiger partial charge < -0.3 is 10.6 Å². The molecule has 1 fully saturated rings. The molecule has 1 aromatic carbocycles. The minimum absolute atomic E-state index is 0.126. The van der Waals surface area contributed by atoms with Crippen LogP contribution >= 0.6 is 15.9 Å². The summed E-state index contributed by atoms with van der Waals surface area (Å²) in [6, 6.07) is 8.41. The fraction of sp³-hybridized carbons (Fsp3) is 0.562. The summed E-state index contributed by atoms with van der Waals surface area (Å²) in [6.07, 6.45) is 1.97. The van der Waals surface area contributed by atoms with Crippen molar-refractivity contribution in [3.8, 4) is 0 Å². The van der Waals surface area contributed by atoms with Crippen LogP contribution in [-0.2, 0) is 11.2 Å². The number of carbonyl (C=O) groups is 1. The van der Waals surface area contributed by atoms with Gasteiger partial charge in [-0.15, -0.1) is 0 Å². The third kappa shape index (κ3) is 6.16. The van der Waals surface area contributed by atoms with E-state index >= 15 is 0 Å². The fourth-order valence-electron chi connectivity index (χ4n) is 2.61. The second-order valence-electron chi connectivity index (χ2n) is 5.68. The molecule has 0 spiro atoms. The molecule has 1 heterocycles. The molecule has 1 unspecified atom stereocenters. The van der Waals surface area contributed by atoms with Gasteiger partial charge in [0.25, 0.3) is 0 Å². The summed E-state index contributed by atoms with van der Waals surface area (Å²) in [5, 5.41) is 6.45. The van der Waals surface area contributed by atoms with Gasteiger partial charge in [0.15, 0.2) is 0 Å². The number of halogens is 1. The first-order valence-corrected chi connectivity index (χ1v) is 8.39. The molecule has 2 rings (SSSR count). The van der Waals surface area contributed by atoms with Gasteiger partial charge in [-0.2, -0.15) is 0 Å². The molecule has 0 aliphatic carbocycles. The molecule has 1 aromatic rings. The van der Waals surface area contributed by atoms with E-state index in [0.29, 0.717) is 6.54 Å². The lowest BCUT2D eigenvalue weighted by Gasteiger charge is -2.21. The number of benzene rings is 1. The monoisotopic (exact) mass is 353 g/mol. The number of nitrogens with zero attached hydrogens (tertiary/aromatic N) is 1. The molecule has 21 heavy (non-hydrogen) atoms. The van der Waals surface area contributed by atoms with Crippen molar-refractivity contribution in [3.63, 3.8) is 0 Å². The Kier molecular flexibility index (Phi) is 6.67. The smallest absolute Gasteiger partial charge is 0.234 e. The molecule has 1 saturated heterocycles. The van der Waals surface area contributed by atoms with Crippen LogP contribution in [0.15, 0.2) is 28.7 Å². The molecule has 0 bridgehead atoms. The third-order valence-electron chi connectivity index (χ3n) is 3.66. The quantitative estimate of drug-likeness (QED) is 0.848. The first-order chi connectivity index (χ1) is 10.1. The van der Waals surface area contributed by atoms with Gasteiger partial charge in [-0.1, -0.05) is 28.1 Å². The van der Waals surface area contributed by atoms with Gasteiger partial charge >= 0.3 is 0 Å². The highest BCUT2D eigenvalue weighted by Crippen LogP contribution is 2.11. The van der Waals surface area contributed by atoms with Crippen molar-refractivity contribution in [2.75, 3.05) is 32.7 Å². The van der Waals surface area contributed by atoms with E-state index < -0.39 is 0 Å². The van der Waals surface area contributed by atoms with E-state index in [1.165, 1.54) is 5.56 Å². The van der Waals surface area contributed by atoms with E-state index in [1.54, 1.807) is 0 Å². The van der Waals surface area contributed by atoms with Crippen molar-refractivity contribution in [2.24, 2.45) is 0 Å². The molecular formula is C16H24BrN3O. The van der Waals surface area contributed by atoms with E-state index in [-0.39, 0.29) is 11.9 Å². The molecule has 2 N–H and O–H groups in total. The summed E-state index contributed by atoms with van der Waals surface area (Å²) in [5.74, 6) is 0.126. The molecule has 1 amide bonds. The Bertz CT molecular complexity index is 441. The number of rotatable bonds is 5. The summed E-state index contributed by atoms with van der Waals surface area (Å²) in [5.41, 5.74) is 1.24. The number of hydrogen-bond donors (Lipinski definition) is 2. The van der Waals surface area contributed by atoms with Crippen LogP contribution in [0.25, 0.3) is 0 Å². The van der Waals surface area contributed by atoms with Crippen LogP contribution in [-0.4, -0.2) is 49.6 Å². The van der Waals surface area contributed by atoms with Crippen molar-refractivity contribution in [2.45, 2.75) is 25.8 Å². The molecule has 4 nitrogen and oxygen atoms in total. The Hall–Kier alpha value is -0.910. The summed E-state index contributed by atoms with van der Waals surface area (Å²) in [6.45, 7) is 6.55. The minimum Gasteiger partial charge on any atom is -0.352 e. The zero-order chi connectivity index (χ0) is 15.1. The van der Waals surface area contributed by atoms with Crippen molar-refractivity contribution < 1.29 is 4.79 Å². The van der Waals surface area contributed by atoms with E-state index in [9.17, 15) is 4.79 Å². The summed E-state index contributed by atoms with van der Waals surface area (Å²) >= 11 is 3.43. The zero-order valence-electron chi connectivity index (χ0n) is 12.6. The van der Waals surface area contributed by atoms with Gasteiger partial charge in [-0.25, -0.2) is 0 Å². The number of nitrogens with one attached hydrogen (secondary N) is 2. The SMILES string of the molecule is CC(Cc1ccc(Br)cc1)NC(=O)CN1CCCNCC1. The lowest BCUT2D eigenvalue weighted by Crippen LogP contribution is -2.42. The molecule has 0 aromatic heterocycles. The molecule has 1 aliphatic rings. The third-order valence-corrected chi connectivity index (χ3v) is 4.19. The first-order valence-electron chi connectivity index (χ1n) is 7.60. The van der Waals surface area contributed by atoms with Crippen LogP contribution in [0.4, 0.5) is 0 Å². The van der Waals surface area contributed by atoms with Crippen LogP contribution in [0, 0.1) is 0 Å². The highest BCUT2D eigenvalue weighted by molar-refractivity contribution is 9.10. The Morgan fingerprint density at radius 1 is 1.33 bits per heavy atom. The summed E-state index contributed by atoms with van der Waals surface area (Å²) in [4.78, 5) is 14.3. The maximum absolute atomic E-state index is 12.1. The fourth-order valence-corrected chi connectivity index (χ4v) is 2.87. The van der Waals surface area contributed by atoms with Gasteiger partial charge in [0.2, 0.25) is 5.91 Å². The highest BCUT2D eigenvalue weighted by atomic mass is 79.9. The predicted octanol–water partition coefficient (Wildman–Crippen LogP) is 1.79. The number of carbonyl (C=O) groups excluding carboxylic acids is 1. The van der Waals surface area contributed by atoms with Crippen molar-refractivity contribution in [1.29, 1.82) is 0 Å². The lowest BCUT2D eigenvalue weighted by molar-refractivity contribution is -0.122. The zero-order valence-corrected chi connectivity index (χ0v) is 14.2. The van der Waals surface area contributed by atoms with Gasteiger partial charge in [-0.05, 0) is 50.6 Å². The molecule has 116 valence electrons. The Labute approximate surface area is 135 Å². The standard InChI is InChI=1S/C16H24BrN3O/c1-13(11-14-3-5-15(17)6-4-14)19-16(21)12-20-9-2-7-18-8-10-20/h3-6,13,18H,2,7-12H2,1H3,(H,19,21). The molecule has 1 aliphatic heterocycles. The number of hydrogen-bond acceptors (Lipinski definition) is 3. The Balaban J connectivity index is 1.74. The Morgan fingerprint density at radius 3 is 2.86 bits per heavy atom. The average molecular weight is 354 g/mol. The van der Waals surface area contributed by atoms with Crippen molar-refractivity contribution in [1.82, 2.24) is 15.5 Å². The maximum atomic E-state index is 12.1. The molecule has 1 atom stereocenters. The van der Waals surface area contributed by atoms with Crippen molar-refractivity contribution in [3.05, 3.63) is 34.3 Å². The number of amides is 1. The summed E-state index contributed by atoms with van der Waals surface area (Å²) < 4.78 is 1.08. The van der Waals surface area contributed by atoms with Crippen LogP contribution < -0.4 is 10.6 Å². The Morgan fingerprint density at radius 2 is 2.10 bits per heavy atom. The molecule has 5 heteroatoms. The highest BCUT2D eigenvalue weighted by Gasteiger charge is 2.14. The maximum Gasteiger partial charge on any atom is 0.234 e. The van der Waals surface area contributed by atoms with Crippen LogP contribution in [0.2, 0.25) is 0 Å². The van der Waals surface area contributed by atoms with E-state index in [2.05, 4.69) is 50.5 Å². The van der Waals surface area contributed by atoms with E-state index in [4.69, 9.17) is 0 Å². The van der Waals surface area contributed by atoms with Gasteiger partial charge in [-0.3, -0.25) is 9.69 Å². The largest absolute Gasteiger partial charge is 0.352 e. The van der Waals surface area contributed by atoms with Gasteiger partial charge in [0.05, 0.1) is 6.54 Å². The van der Waals surface area contributed by atoms with Crippen molar-refractivity contribution >= 4 is 21.8 Å². The minimum atomic E-state index is 0.126.